The second-order valence-corrected chi connectivity index (χ2v) is 12.9. The Labute approximate surface area is 257 Å². The van der Waals surface area contributed by atoms with Gasteiger partial charge in [0.25, 0.3) is 10.0 Å². The summed E-state index contributed by atoms with van der Waals surface area (Å²) in [5.74, 6) is -0.941. The summed E-state index contributed by atoms with van der Waals surface area (Å²) in [5.41, 5.74) is 0.838. The van der Waals surface area contributed by atoms with Gasteiger partial charge < -0.3 is 15.0 Å². The van der Waals surface area contributed by atoms with Gasteiger partial charge in [-0.05, 0) is 85.5 Å². The Morgan fingerprint density at radius 1 is 0.977 bits per heavy atom. The molecule has 1 aliphatic carbocycles. The Hall–Kier alpha value is -3.63. The average Bonchev–Trinajstić information content (AvgIpc) is 3.01. The van der Waals surface area contributed by atoms with Gasteiger partial charge in [0, 0.05) is 17.6 Å². The molecule has 3 aromatic carbocycles. The van der Waals surface area contributed by atoms with E-state index in [1.54, 1.807) is 24.3 Å². The molecule has 1 N–H and O–H groups in total. The molecule has 1 aliphatic rings. The Kier molecular flexibility index (Phi) is 11.0. The van der Waals surface area contributed by atoms with Crippen molar-refractivity contribution >= 4 is 39.1 Å². The van der Waals surface area contributed by atoms with Crippen LogP contribution in [0.2, 0.25) is 5.02 Å². The van der Waals surface area contributed by atoms with Gasteiger partial charge in [-0.3, -0.25) is 13.9 Å². The fraction of sp³-hybridized carbons (Fsp3) is 0.375. The molecule has 0 aromatic heterocycles. The number of benzene rings is 3. The second kappa shape index (κ2) is 14.7. The van der Waals surface area contributed by atoms with Gasteiger partial charge in [0.05, 0.1) is 17.7 Å². The van der Waals surface area contributed by atoms with Crippen molar-refractivity contribution in [1.29, 1.82) is 0 Å². The molecule has 2 amide bonds. The van der Waals surface area contributed by atoms with Crippen LogP contribution in [0.3, 0.4) is 0 Å². The molecule has 230 valence electrons. The molecule has 0 bridgehead atoms. The minimum Gasteiger partial charge on any atom is -0.497 e. The van der Waals surface area contributed by atoms with Crippen molar-refractivity contribution < 1.29 is 27.1 Å². The van der Waals surface area contributed by atoms with Gasteiger partial charge in [0.15, 0.2) is 0 Å². The lowest BCUT2D eigenvalue weighted by molar-refractivity contribution is -0.140. The summed E-state index contributed by atoms with van der Waals surface area (Å²) in [5, 5.41) is 3.64. The highest BCUT2D eigenvalue weighted by Gasteiger charge is 2.34. The number of hydrogen-bond acceptors (Lipinski definition) is 5. The molecule has 0 spiro atoms. The zero-order valence-electron chi connectivity index (χ0n) is 24.3. The van der Waals surface area contributed by atoms with E-state index >= 15 is 0 Å². The summed E-state index contributed by atoms with van der Waals surface area (Å²) in [6.45, 7) is 1.27. The molecule has 1 atom stereocenters. The first-order valence-electron chi connectivity index (χ1n) is 14.4. The Bertz CT molecular complexity index is 1480. The first-order valence-corrected chi connectivity index (χ1v) is 16.2. The quantitative estimate of drug-likeness (QED) is 0.268. The lowest BCUT2D eigenvalue weighted by Gasteiger charge is -2.34. The van der Waals surface area contributed by atoms with Crippen LogP contribution in [-0.2, 0) is 26.2 Å². The summed E-state index contributed by atoms with van der Waals surface area (Å²) in [7, 11) is -2.82. The van der Waals surface area contributed by atoms with Crippen molar-refractivity contribution in [3.05, 3.63) is 89.2 Å². The van der Waals surface area contributed by atoms with Crippen LogP contribution < -0.4 is 14.4 Å². The van der Waals surface area contributed by atoms with Crippen LogP contribution in [-0.4, -0.2) is 50.9 Å². The topological polar surface area (TPSA) is 96.0 Å². The zero-order valence-corrected chi connectivity index (χ0v) is 25.9. The lowest BCUT2D eigenvalue weighted by atomic mass is 9.95. The van der Waals surface area contributed by atoms with E-state index in [-0.39, 0.29) is 29.1 Å². The van der Waals surface area contributed by atoms with Gasteiger partial charge in [-0.15, -0.1) is 0 Å². The van der Waals surface area contributed by atoms with E-state index in [4.69, 9.17) is 16.3 Å². The van der Waals surface area contributed by atoms with Crippen LogP contribution >= 0.6 is 11.6 Å². The fourth-order valence-electron chi connectivity index (χ4n) is 5.26. The molecule has 0 saturated heterocycles. The summed E-state index contributed by atoms with van der Waals surface area (Å²) in [4.78, 5) is 29.1. The fourth-order valence-corrected chi connectivity index (χ4v) is 6.80. The molecule has 11 heteroatoms. The molecule has 0 aliphatic heterocycles. The molecular formula is C32H37ClFN3O5S. The van der Waals surface area contributed by atoms with Crippen LogP contribution in [0.4, 0.5) is 10.1 Å². The van der Waals surface area contributed by atoms with Gasteiger partial charge >= 0.3 is 0 Å². The molecule has 3 aromatic rings. The number of anilines is 1. The SMILES string of the molecule is CC[C@@H](C(=O)NC1CCCCC1)N(Cc1ccc(Cl)cc1)C(=O)CN(c1ccc(F)cc1)S(=O)(=O)c1ccc(OC)cc1. The first kappa shape index (κ1) is 32.3. The highest BCUT2D eigenvalue weighted by molar-refractivity contribution is 7.92. The minimum absolute atomic E-state index is 0.0361. The van der Waals surface area contributed by atoms with Crippen molar-refractivity contribution in [3.63, 3.8) is 0 Å². The molecule has 43 heavy (non-hydrogen) atoms. The largest absolute Gasteiger partial charge is 0.497 e. The summed E-state index contributed by atoms with van der Waals surface area (Å²) < 4.78 is 47.8. The smallest absolute Gasteiger partial charge is 0.264 e. The van der Waals surface area contributed by atoms with Crippen molar-refractivity contribution in [2.24, 2.45) is 0 Å². The van der Waals surface area contributed by atoms with E-state index in [1.165, 1.54) is 48.4 Å². The molecule has 1 fully saturated rings. The van der Waals surface area contributed by atoms with Crippen LogP contribution in [0.5, 0.6) is 5.75 Å². The van der Waals surface area contributed by atoms with Crippen LogP contribution in [0.1, 0.15) is 51.0 Å². The van der Waals surface area contributed by atoms with Crippen molar-refractivity contribution in [3.8, 4) is 5.75 Å². The molecular weight excluding hydrogens is 593 g/mol. The van der Waals surface area contributed by atoms with Gasteiger partial charge in [0.1, 0.15) is 24.2 Å². The standard InChI is InChI=1S/C32H37ClFN3O5S/c1-3-30(32(39)35-26-7-5-4-6-8-26)36(21-23-9-11-24(33)12-10-23)31(38)22-37(27-15-13-25(34)14-16-27)43(40,41)29-19-17-28(42-2)18-20-29/h9-20,26,30H,3-8,21-22H2,1-2H3,(H,35,39)/t30-/m0/s1. The Morgan fingerprint density at radius 2 is 1.60 bits per heavy atom. The maximum Gasteiger partial charge on any atom is 0.264 e. The number of carbonyl (C=O) groups is 2. The van der Waals surface area contributed by atoms with Crippen LogP contribution in [0.15, 0.2) is 77.7 Å². The van der Waals surface area contributed by atoms with E-state index < -0.39 is 34.3 Å². The molecule has 4 rings (SSSR count). The van der Waals surface area contributed by atoms with E-state index in [2.05, 4.69) is 5.32 Å². The van der Waals surface area contributed by atoms with E-state index in [0.29, 0.717) is 17.2 Å². The number of amides is 2. The number of hydrogen-bond donors (Lipinski definition) is 1. The van der Waals surface area contributed by atoms with Gasteiger partial charge in [-0.2, -0.15) is 0 Å². The third-order valence-electron chi connectivity index (χ3n) is 7.64. The van der Waals surface area contributed by atoms with Crippen LogP contribution in [0.25, 0.3) is 0 Å². The first-order chi connectivity index (χ1) is 20.6. The van der Waals surface area contributed by atoms with E-state index in [9.17, 15) is 22.4 Å². The van der Waals surface area contributed by atoms with Crippen molar-refractivity contribution in [2.45, 2.75) is 69.0 Å². The molecule has 0 radical (unpaired) electrons. The monoisotopic (exact) mass is 629 g/mol. The normalized spacial score (nSPS) is 14.5. The molecule has 8 nitrogen and oxygen atoms in total. The number of ether oxygens (including phenoxy) is 1. The third-order valence-corrected chi connectivity index (χ3v) is 9.68. The highest BCUT2D eigenvalue weighted by atomic mass is 35.5. The highest BCUT2D eigenvalue weighted by Crippen LogP contribution is 2.27. The van der Waals surface area contributed by atoms with E-state index in [1.807, 2.05) is 6.92 Å². The number of nitrogens with zero attached hydrogens (tertiary/aromatic N) is 2. The number of halogens is 2. The second-order valence-electron chi connectivity index (χ2n) is 10.6. The number of rotatable bonds is 12. The summed E-state index contributed by atoms with van der Waals surface area (Å²) in [6, 6.07) is 16.8. The average molecular weight is 630 g/mol. The zero-order chi connectivity index (χ0) is 31.0. The Balaban J connectivity index is 1.69. The molecule has 0 heterocycles. The minimum atomic E-state index is -4.28. The van der Waals surface area contributed by atoms with Gasteiger partial charge in [-0.25, -0.2) is 12.8 Å². The number of methoxy groups -OCH3 is 1. The van der Waals surface area contributed by atoms with Crippen LogP contribution in [0, 0.1) is 5.82 Å². The summed E-state index contributed by atoms with van der Waals surface area (Å²) in [6.07, 6.45) is 5.28. The molecule has 1 saturated carbocycles. The number of carbonyl (C=O) groups excluding carboxylic acids is 2. The van der Waals surface area contributed by atoms with Crippen molar-refractivity contribution in [1.82, 2.24) is 10.2 Å². The predicted molar refractivity (Wildman–Crippen MR) is 165 cm³/mol. The number of nitrogens with one attached hydrogen (secondary N) is 1. The lowest BCUT2D eigenvalue weighted by Crippen LogP contribution is -2.54. The third kappa shape index (κ3) is 8.26. The van der Waals surface area contributed by atoms with Gasteiger partial charge in [0.2, 0.25) is 11.8 Å². The van der Waals surface area contributed by atoms with Gasteiger partial charge in [-0.1, -0.05) is 49.9 Å². The Morgan fingerprint density at radius 3 is 2.19 bits per heavy atom. The maximum atomic E-state index is 14.2. The molecule has 0 unspecified atom stereocenters. The maximum absolute atomic E-state index is 14.2. The predicted octanol–water partition coefficient (Wildman–Crippen LogP) is 5.94. The summed E-state index contributed by atoms with van der Waals surface area (Å²) >= 11 is 6.08. The van der Waals surface area contributed by atoms with Crippen molar-refractivity contribution in [2.75, 3.05) is 18.0 Å². The van der Waals surface area contributed by atoms with E-state index in [0.717, 1.165) is 54.1 Å². The number of sulfonamides is 1.